The number of carbonyl (C=O) groups is 3. The number of anilines is 1. The number of thiazole rings is 1. The van der Waals surface area contributed by atoms with Crippen LogP contribution < -0.4 is 4.90 Å². The summed E-state index contributed by atoms with van der Waals surface area (Å²) in [5, 5.41) is 2.23. The molecule has 2 aliphatic rings. The smallest absolute Gasteiger partial charge is 0.410 e. The molecule has 9 heteroatoms. The minimum atomic E-state index is -1.16. The zero-order valence-electron chi connectivity index (χ0n) is 19.8. The Morgan fingerprint density at radius 3 is 2.76 bits per heavy atom. The lowest BCUT2D eigenvalue weighted by molar-refractivity contribution is -0.151. The maximum atomic E-state index is 13.9. The highest BCUT2D eigenvalue weighted by Crippen LogP contribution is 2.41. The van der Waals surface area contributed by atoms with Crippen molar-refractivity contribution in [2.75, 3.05) is 11.4 Å². The Morgan fingerprint density at radius 2 is 2.09 bits per heavy atom. The van der Waals surface area contributed by atoms with Gasteiger partial charge in [0.1, 0.15) is 12.6 Å². The van der Waals surface area contributed by atoms with E-state index < -0.39 is 17.9 Å². The summed E-state index contributed by atoms with van der Waals surface area (Å²) in [6, 6.07) is 8.73. The van der Waals surface area contributed by atoms with Crippen LogP contribution in [0.1, 0.15) is 52.0 Å². The molecular weight excluding hydrogens is 454 g/mol. The van der Waals surface area contributed by atoms with Gasteiger partial charge in [-0.15, -0.1) is 11.3 Å². The largest absolute Gasteiger partial charge is 0.445 e. The summed E-state index contributed by atoms with van der Waals surface area (Å²) >= 11 is 1.31. The molecule has 1 aromatic heterocycles. The molecule has 0 radical (unpaired) electrons. The van der Waals surface area contributed by atoms with E-state index in [0.29, 0.717) is 43.3 Å². The molecule has 8 nitrogen and oxygen atoms in total. The summed E-state index contributed by atoms with van der Waals surface area (Å²) in [6.07, 6.45) is 3.38. The minimum Gasteiger partial charge on any atom is -0.445 e. The highest BCUT2D eigenvalue weighted by Gasteiger charge is 2.53. The van der Waals surface area contributed by atoms with Crippen molar-refractivity contribution in [2.24, 2.45) is 11.8 Å². The Balaban J connectivity index is 1.53. The highest BCUT2D eigenvalue weighted by molar-refractivity contribution is 7.13. The number of hydrogen-bond acceptors (Lipinski definition) is 7. The number of ether oxygens (including phenoxy) is 2. The van der Waals surface area contributed by atoms with E-state index in [1.54, 1.807) is 18.5 Å². The second-order valence-electron chi connectivity index (χ2n) is 9.51. The van der Waals surface area contributed by atoms with Crippen molar-refractivity contribution in [3.63, 3.8) is 0 Å². The van der Waals surface area contributed by atoms with E-state index in [9.17, 15) is 14.4 Å². The number of esters is 1. The molecule has 2 aliphatic heterocycles. The fourth-order valence-corrected chi connectivity index (χ4v) is 5.57. The predicted molar refractivity (Wildman–Crippen MR) is 128 cm³/mol. The molecule has 3 unspecified atom stereocenters. The zero-order chi connectivity index (χ0) is 24.3. The number of rotatable bonds is 7. The van der Waals surface area contributed by atoms with Gasteiger partial charge in [-0.3, -0.25) is 14.5 Å². The van der Waals surface area contributed by atoms with Gasteiger partial charge in [-0.25, -0.2) is 14.7 Å². The number of nitrogens with zero attached hydrogens (tertiary/aromatic N) is 3. The first kappa shape index (κ1) is 24.2. The van der Waals surface area contributed by atoms with Crippen LogP contribution in [0.25, 0.3) is 0 Å². The maximum absolute atomic E-state index is 13.9. The molecule has 0 spiro atoms. The van der Waals surface area contributed by atoms with Crippen LogP contribution in [0.4, 0.5) is 9.93 Å². The van der Waals surface area contributed by atoms with E-state index in [2.05, 4.69) is 18.8 Å². The van der Waals surface area contributed by atoms with Crippen LogP contribution in [0.3, 0.4) is 0 Å². The topological polar surface area (TPSA) is 89.0 Å². The lowest BCUT2D eigenvalue weighted by Gasteiger charge is -2.37. The minimum absolute atomic E-state index is 0.138. The molecule has 182 valence electrons. The molecule has 3 heterocycles. The highest BCUT2D eigenvalue weighted by atomic mass is 32.1. The zero-order valence-corrected chi connectivity index (χ0v) is 20.6. The van der Waals surface area contributed by atoms with Crippen LogP contribution in [-0.2, 0) is 25.7 Å². The Bertz CT molecular complexity index is 1010. The molecule has 34 heavy (non-hydrogen) atoms. The van der Waals surface area contributed by atoms with Crippen molar-refractivity contribution in [1.82, 2.24) is 9.88 Å². The lowest BCUT2D eigenvalue weighted by Crippen LogP contribution is -2.56. The first-order valence-electron chi connectivity index (χ1n) is 11.7. The summed E-state index contributed by atoms with van der Waals surface area (Å²) in [5.41, 5.74) is -0.280. The lowest BCUT2D eigenvalue weighted by atomic mass is 9.92. The molecule has 0 saturated carbocycles. The molecule has 0 N–H and O–H groups in total. The van der Waals surface area contributed by atoms with E-state index in [-0.39, 0.29) is 24.4 Å². The SMILES string of the molecule is CC(C)CC1CC(C)(N(C(=O)C2CCCN2C(=O)OCc2ccccc2)c2nccs2)OC1=O. The van der Waals surface area contributed by atoms with Gasteiger partial charge in [-0.05, 0) is 37.7 Å². The Morgan fingerprint density at radius 1 is 1.32 bits per heavy atom. The van der Waals surface area contributed by atoms with E-state index in [4.69, 9.17) is 9.47 Å². The van der Waals surface area contributed by atoms with Crippen LogP contribution in [0, 0.1) is 11.8 Å². The summed E-state index contributed by atoms with van der Waals surface area (Å²) in [4.78, 5) is 46.8. The molecule has 1 aromatic carbocycles. The first-order valence-corrected chi connectivity index (χ1v) is 12.6. The van der Waals surface area contributed by atoms with Crippen molar-refractivity contribution < 1.29 is 23.9 Å². The Kier molecular flexibility index (Phi) is 7.21. The van der Waals surface area contributed by atoms with Gasteiger partial charge in [-0.1, -0.05) is 44.2 Å². The van der Waals surface area contributed by atoms with Crippen LogP contribution in [-0.4, -0.2) is 46.2 Å². The van der Waals surface area contributed by atoms with Gasteiger partial charge in [0.15, 0.2) is 10.9 Å². The number of amides is 2. The molecule has 2 saturated heterocycles. The van der Waals surface area contributed by atoms with E-state index in [1.165, 1.54) is 21.1 Å². The Labute approximate surface area is 203 Å². The molecule has 4 rings (SSSR count). The standard InChI is InChI=1S/C25H31N3O5S/c1-17(2)14-19-15-25(3,33-22(19)30)28(23-26-11-13-34-23)21(29)20-10-7-12-27(20)24(31)32-16-18-8-5-4-6-9-18/h4-6,8-9,11,13,17,19-20H,7,10,12,14-16H2,1-3H3. The molecule has 0 aliphatic carbocycles. The number of cyclic esters (lactones) is 1. The Hall–Kier alpha value is -2.94. The fraction of sp³-hybridized carbons (Fsp3) is 0.520. The third kappa shape index (κ3) is 5.09. The van der Waals surface area contributed by atoms with Crippen LogP contribution >= 0.6 is 11.3 Å². The van der Waals surface area contributed by atoms with E-state index >= 15 is 0 Å². The van der Waals surface area contributed by atoms with Gasteiger partial charge in [-0.2, -0.15) is 0 Å². The van der Waals surface area contributed by atoms with Crippen molar-refractivity contribution in [3.8, 4) is 0 Å². The van der Waals surface area contributed by atoms with Crippen LogP contribution in [0.2, 0.25) is 0 Å². The normalized spacial score (nSPS) is 24.4. The first-order chi connectivity index (χ1) is 16.3. The molecule has 2 fully saturated rings. The number of benzene rings is 1. The van der Waals surface area contributed by atoms with E-state index in [1.807, 2.05) is 30.3 Å². The number of aromatic nitrogens is 1. The summed E-state index contributed by atoms with van der Waals surface area (Å²) in [7, 11) is 0. The van der Waals surface area contributed by atoms with Crippen molar-refractivity contribution >= 4 is 34.4 Å². The quantitative estimate of drug-likeness (QED) is 0.533. The van der Waals surface area contributed by atoms with Crippen LogP contribution in [0.5, 0.6) is 0 Å². The van der Waals surface area contributed by atoms with Gasteiger partial charge >= 0.3 is 12.1 Å². The predicted octanol–water partition coefficient (Wildman–Crippen LogP) is 4.60. The summed E-state index contributed by atoms with van der Waals surface area (Å²) in [6.45, 7) is 6.45. The van der Waals surface area contributed by atoms with E-state index in [0.717, 1.165) is 5.56 Å². The summed E-state index contributed by atoms with van der Waals surface area (Å²) < 4.78 is 11.3. The second kappa shape index (κ2) is 10.1. The molecule has 0 bridgehead atoms. The van der Waals surface area contributed by atoms with Gasteiger partial charge in [0.2, 0.25) is 0 Å². The van der Waals surface area contributed by atoms with Gasteiger partial charge in [0.25, 0.3) is 5.91 Å². The number of likely N-dealkylation sites (tertiary alicyclic amines) is 1. The third-order valence-corrected chi connectivity index (χ3v) is 7.07. The molecular formula is C25H31N3O5S. The third-order valence-electron chi connectivity index (χ3n) is 6.32. The van der Waals surface area contributed by atoms with Crippen molar-refractivity contribution in [3.05, 3.63) is 47.5 Å². The monoisotopic (exact) mass is 485 g/mol. The fourth-order valence-electron chi connectivity index (χ4n) is 4.82. The number of carbonyl (C=O) groups excluding carboxylic acids is 3. The number of hydrogen-bond donors (Lipinski definition) is 0. The van der Waals surface area contributed by atoms with Gasteiger partial charge < -0.3 is 9.47 Å². The maximum Gasteiger partial charge on any atom is 0.410 e. The average molecular weight is 486 g/mol. The van der Waals surface area contributed by atoms with Gasteiger partial charge in [0, 0.05) is 24.5 Å². The average Bonchev–Trinajstić information content (AvgIpc) is 3.54. The van der Waals surface area contributed by atoms with Crippen molar-refractivity contribution in [2.45, 2.75) is 64.8 Å². The molecule has 2 amide bonds. The summed E-state index contributed by atoms with van der Waals surface area (Å²) in [5.74, 6) is -0.551. The van der Waals surface area contributed by atoms with Crippen molar-refractivity contribution in [1.29, 1.82) is 0 Å². The van der Waals surface area contributed by atoms with Crippen LogP contribution in [0.15, 0.2) is 41.9 Å². The van der Waals surface area contributed by atoms with Gasteiger partial charge in [0.05, 0.1) is 5.92 Å². The molecule has 3 atom stereocenters. The molecule has 2 aromatic rings. The second-order valence-corrected chi connectivity index (χ2v) is 10.4.